The van der Waals surface area contributed by atoms with Crippen LogP contribution in [0, 0.1) is 0 Å². The largest absolute Gasteiger partial charge is 0.489 e. The lowest BCUT2D eigenvalue weighted by Gasteiger charge is -2.25. The van der Waals surface area contributed by atoms with Crippen molar-refractivity contribution in [3.05, 3.63) is 58.6 Å². The summed E-state index contributed by atoms with van der Waals surface area (Å²) in [6.07, 6.45) is 1.55. The van der Waals surface area contributed by atoms with Gasteiger partial charge in [0.1, 0.15) is 11.9 Å². The molecular weight excluding hydrogens is 378 g/mol. The first-order valence-corrected chi connectivity index (χ1v) is 9.74. The van der Waals surface area contributed by atoms with Gasteiger partial charge < -0.3 is 19.9 Å². The fourth-order valence-electron chi connectivity index (χ4n) is 3.58. The number of carbonyl (C=O) groups is 2. The van der Waals surface area contributed by atoms with E-state index in [0.29, 0.717) is 29.4 Å². The molecule has 0 bridgehead atoms. The number of urea groups is 1. The zero-order valence-electron chi connectivity index (χ0n) is 15.7. The van der Waals surface area contributed by atoms with Crippen molar-refractivity contribution < 1.29 is 14.3 Å². The van der Waals surface area contributed by atoms with Gasteiger partial charge in [0.25, 0.3) is 5.91 Å². The highest BCUT2D eigenvalue weighted by molar-refractivity contribution is 6.30. The third-order valence-electron chi connectivity index (χ3n) is 5.20. The second-order valence-electron chi connectivity index (χ2n) is 7.21. The summed E-state index contributed by atoms with van der Waals surface area (Å²) in [7, 11) is 1.79. The van der Waals surface area contributed by atoms with Crippen LogP contribution >= 0.6 is 11.6 Å². The van der Waals surface area contributed by atoms with Crippen LogP contribution in [0.15, 0.2) is 42.5 Å². The molecule has 4 rings (SSSR count). The number of likely N-dealkylation sites (tertiary alicyclic amines) is 1. The Morgan fingerprint density at radius 3 is 2.75 bits per heavy atom. The summed E-state index contributed by atoms with van der Waals surface area (Å²) < 4.78 is 5.93. The van der Waals surface area contributed by atoms with Gasteiger partial charge in [-0.05, 0) is 48.4 Å². The predicted molar refractivity (Wildman–Crippen MR) is 108 cm³/mol. The van der Waals surface area contributed by atoms with Gasteiger partial charge in [-0.1, -0.05) is 17.7 Å². The van der Waals surface area contributed by atoms with Crippen LogP contribution in [0.4, 0.5) is 10.5 Å². The normalized spacial score (nSPS) is 18.8. The van der Waals surface area contributed by atoms with Crippen molar-refractivity contribution in [2.75, 3.05) is 32.0 Å². The molecule has 2 aromatic rings. The van der Waals surface area contributed by atoms with Crippen LogP contribution in [0.5, 0.6) is 5.75 Å². The number of nitrogens with zero attached hydrogens (tertiary/aromatic N) is 2. The fraction of sp³-hybridized carbons (Fsp3) is 0.333. The van der Waals surface area contributed by atoms with E-state index in [-0.39, 0.29) is 18.0 Å². The van der Waals surface area contributed by atoms with Gasteiger partial charge in [0.05, 0.1) is 6.54 Å². The lowest BCUT2D eigenvalue weighted by Crippen LogP contribution is -2.35. The highest BCUT2D eigenvalue weighted by Crippen LogP contribution is 2.24. The minimum Gasteiger partial charge on any atom is -0.489 e. The second-order valence-corrected chi connectivity index (χ2v) is 7.64. The summed E-state index contributed by atoms with van der Waals surface area (Å²) in [6, 6.07) is 12.6. The molecule has 0 radical (unpaired) electrons. The molecule has 146 valence electrons. The number of likely N-dealkylation sites (N-methyl/N-ethyl adjacent to an activating group) is 1. The second kappa shape index (κ2) is 7.72. The molecular formula is C21H22ClN3O3. The molecule has 0 aliphatic carbocycles. The standard InChI is InChI=1S/C21H22ClN3O3/c1-24-10-8-14-2-5-16(12-19(14)20(24)26)23-21(27)25-11-9-18(13-25)28-17-6-3-15(22)4-7-17/h2-7,12,18H,8-11,13H2,1H3,(H,23,27). The SMILES string of the molecule is CN1CCc2ccc(NC(=O)N3CCC(Oc4ccc(Cl)cc4)C3)cc2C1=O. The van der Waals surface area contributed by atoms with E-state index in [1.54, 1.807) is 35.0 Å². The Morgan fingerprint density at radius 1 is 1.18 bits per heavy atom. The van der Waals surface area contributed by atoms with Crippen molar-refractivity contribution in [2.45, 2.75) is 18.9 Å². The van der Waals surface area contributed by atoms with Crippen molar-refractivity contribution in [3.8, 4) is 5.75 Å². The van der Waals surface area contributed by atoms with Gasteiger partial charge in [-0.3, -0.25) is 4.79 Å². The number of fused-ring (bicyclic) bond motifs is 1. The Bertz CT molecular complexity index is 900. The summed E-state index contributed by atoms with van der Waals surface area (Å²) in [5.74, 6) is 0.740. The Hall–Kier alpha value is -2.73. The first kappa shape index (κ1) is 18.6. The fourth-order valence-corrected chi connectivity index (χ4v) is 3.71. The van der Waals surface area contributed by atoms with Crippen LogP contribution in [0.2, 0.25) is 5.02 Å². The molecule has 2 heterocycles. The average molecular weight is 400 g/mol. The minimum atomic E-state index is -0.182. The first-order chi connectivity index (χ1) is 13.5. The van der Waals surface area contributed by atoms with E-state index in [1.165, 1.54) is 0 Å². The molecule has 3 amide bonds. The van der Waals surface area contributed by atoms with E-state index < -0.39 is 0 Å². The van der Waals surface area contributed by atoms with Crippen LogP contribution in [-0.4, -0.2) is 54.5 Å². The van der Waals surface area contributed by atoms with E-state index in [2.05, 4.69) is 5.32 Å². The Labute approximate surface area is 169 Å². The maximum Gasteiger partial charge on any atom is 0.321 e. The molecule has 1 atom stereocenters. The Balaban J connectivity index is 1.37. The number of rotatable bonds is 3. The van der Waals surface area contributed by atoms with Gasteiger partial charge in [-0.25, -0.2) is 4.79 Å². The van der Waals surface area contributed by atoms with Crippen molar-refractivity contribution >= 4 is 29.2 Å². The van der Waals surface area contributed by atoms with Crippen LogP contribution in [0.1, 0.15) is 22.3 Å². The summed E-state index contributed by atoms with van der Waals surface area (Å²) in [5, 5.41) is 3.57. The van der Waals surface area contributed by atoms with Crippen molar-refractivity contribution in [2.24, 2.45) is 0 Å². The monoisotopic (exact) mass is 399 g/mol. The zero-order chi connectivity index (χ0) is 19.7. The van der Waals surface area contributed by atoms with Gasteiger partial charge in [-0.15, -0.1) is 0 Å². The van der Waals surface area contributed by atoms with Crippen LogP contribution < -0.4 is 10.1 Å². The average Bonchev–Trinajstić information content (AvgIpc) is 3.16. The van der Waals surface area contributed by atoms with Gasteiger partial charge in [0, 0.05) is 42.8 Å². The molecule has 1 saturated heterocycles. The Morgan fingerprint density at radius 2 is 1.96 bits per heavy atom. The molecule has 6 nitrogen and oxygen atoms in total. The van der Waals surface area contributed by atoms with E-state index in [0.717, 1.165) is 30.7 Å². The maximum atomic E-state index is 12.6. The zero-order valence-corrected chi connectivity index (χ0v) is 16.4. The van der Waals surface area contributed by atoms with E-state index in [1.807, 2.05) is 24.3 Å². The first-order valence-electron chi connectivity index (χ1n) is 9.36. The molecule has 0 saturated carbocycles. The third kappa shape index (κ3) is 3.92. The number of benzene rings is 2. The highest BCUT2D eigenvalue weighted by atomic mass is 35.5. The quantitative estimate of drug-likeness (QED) is 0.856. The maximum absolute atomic E-state index is 12.6. The molecule has 28 heavy (non-hydrogen) atoms. The number of ether oxygens (including phenoxy) is 1. The third-order valence-corrected chi connectivity index (χ3v) is 5.46. The van der Waals surface area contributed by atoms with E-state index >= 15 is 0 Å². The Kier molecular flexibility index (Phi) is 5.13. The van der Waals surface area contributed by atoms with Crippen LogP contribution in [0.3, 0.4) is 0 Å². The summed E-state index contributed by atoms with van der Waals surface area (Å²) in [6.45, 7) is 1.86. The number of hydrogen-bond donors (Lipinski definition) is 1. The number of hydrogen-bond acceptors (Lipinski definition) is 3. The van der Waals surface area contributed by atoms with Gasteiger partial charge in [-0.2, -0.15) is 0 Å². The molecule has 2 aromatic carbocycles. The molecule has 2 aliphatic rings. The van der Waals surface area contributed by atoms with Gasteiger partial charge in [0.15, 0.2) is 0 Å². The number of nitrogens with one attached hydrogen (secondary N) is 1. The molecule has 0 aromatic heterocycles. The summed E-state index contributed by atoms with van der Waals surface area (Å²) in [5.41, 5.74) is 2.32. The number of anilines is 1. The number of halogens is 1. The molecule has 0 spiro atoms. The lowest BCUT2D eigenvalue weighted by atomic mass is 9.99. The number of carbonyl (C=O) groups excluding carboxylic acids is 2. The predicted octanol–water partition coefficient (Wildman–Crippen LogP) is 3.65. The van der Waals surface area contributed by atoms with Crippen LogP contribution in [0.25, 0.3) is 0 Å². The van der Waals surface area contributed by atoms with E-state index in [9.17, 15) is 9.59 Å². The summed E-state index contributed by atoms with van der Waals surface area (Å²) >= 11 is 5.89. The lowest BCUT2D eigenvalue weighted by molar-refractivity contribution is 0.0781. The summed E-state index contributed by atoms with van der Waals surface area (Å²) in [4.78, 5) is 28.4. The minimum absolute atomic E-state index is 0.00468. The highest BCUT2D eigenvalue weighted by Gasteiger charge is 2.28. The van der Waals surface area contributed by atoms with Gasteiger partial charge >= 0.3 is 6.03 Å². The van der Waals surface area contributed by atoms with E-state index in [4.69, 9.17) is 16.3 Å². The molecule has 1 fully saturated rings. The van der Waals surface area contributed by atoms with Crippen LogP contribution in [-0.2, 0) is 6.42 Å². The smallest absolute Gasteiger partial charge is 0.321 e. The molecule has 2 aliphatic heterocycles. The molecule has 1 N–H and O–H groups in total. The van der Waals surface area contributed by atoms with Gasteiger partial charge in [0.2, 0.25) is 0 Å². The molecule has 1 unspecified atom stereocenters. The van der Waals surface area contributed by atoms with Crippen molar-refractivity contribution in [3.63, 3.8) is 0 Å². The van der Waals surface area contributed by atoms with Crippen molar-refractivity contribution in [1.82, 2.24) is 9.80 Å². The number of amides is 3. The van der Waals surface area contributed by atoms with Crippen molar-refractivity contribution in [1.29, 1.82) is 0 Å². The molecule has 7 heteroatoms. The topological polar surface area (TPSA) is 61.9 Å².